The van der Waals surface area contributed by atoms with E-state index >= 15 is 0 Å². The summed E-state index contributed by atoms with van der Waals surface area (Å²) in [6.07, 6.45) is 1.47. The molecule has 3 aromatic rings. The minimum absolute atomic E-state index is 0.327. The van der Waals surface area contributed by atoms with Gasteiger partial charge in [0.05, 0.1) is 16.8 Å². The van der Waals surface area contributed by atoms with Crippen molar-refractivity contribution in [2.45, 2.75) is 0 Å². The van der Waals surface area contributed by atoms with Gasteiger partial charge in [0.25, 0.3) is 11.8 Å². The highest BCUT2D eigenvalue weighted by Gasteiger charge is 2.10. The molecule has 0 spiro atoms. The predicted molar refractivity (Wildman–Crippen MR) is 112 cm³/mol. The molecule has 0 aromatic heterocycles. The van der Waals surface area contributed by atoms with Crippen LogP contribution in [0.5, 0.6) is 0 Å². The van der Waals surface area contributed by atoms with Crippen molar-refractivity contribution < 1.29 is 9.59 Å². The number of rotatable bonds is 5. The summed E-state index contributed by atoms with van der Waals surface area (Å²) in [5.74, 6) is -0.709. The zero-order valence-electron chi connectivity index (χ0n) is 14.5. The van der Waals surface area contributed by atoms with Gasteiger partial charge < -0.3 is 5.32 Å². The molecule has 3 rings (SSSR count). The number of carbonyl (C=O) groups is 2. The molecule has 0 bridgehead atoms. The molecule has 0 heterocycles. The summed E-state index contributed by atoms with van der Waals surface area (Å²) in [4.78, 5) is 24.4. The zero-order chi connectivity index (χ0) is 19.9. The molecule has 7 heteroatoms. The van der Waals surface area contributed by atoms with Crippen molar-refractivity contribution in [3.05, 3.63) is 99.5 Å². The van der Waals surface area contributed by atoms with E-state index in [4.69, 9.17) is 23.2 Å². The van der Waals surface area contributed by atoms with Crippen LogP contribution in [0.15, 0.2) is 77.9 Å². The number of hydrogen-bond acceptors (Lipinski definition) is 3. The maximum absolute atomic E-state index is 12.3. The molecule has 0 aliphatic carbocycles. The molecule has 140 valence electrons. The van der Waals surface area contributed by atoms with E-state index in [1.165, 1.54) is 6.21 Å². The van der Waals surface area contributed by atoms with Crippen molar-refractivity contribution in [1.82, 2.24) is 5.43 Å². The number of hydrogen-bond donors (Lipinski definition) is 2. The smallest absolute Gasteiger partial charge is 0.271 e. The summed E-state index contributed by atoms with van der Waals surface area (Å²) in [7, 11) is 0. The van der Waals surface area contributed by atoms with Crippen LogP contribution >= 0.6 is 23.2 Å². The number of amides is 2. The normalized spacial score (nSPS) is 10.6. The highest BCUT2D eigenvalue weighted by molar-refractivity contribution is 6.34. The quantitative estimate of drug-likeness (QED) is 0.457. The lowest BCUT2D eigenvalue weighted by molar-refractivity contribution is 0.0954. The third kappa shape index (κ3) is 4.97. The van der Waals surface area contributed by atoms with Gasteiger partial charge in [0, 0.05) is 21.8 Å². The second-order valence-corrected chi connectivity index (χ2v) is 6.55. The summed E-state index contributed by atoms with van der Waals surface area (Å²) in [5, 5.41) is 7.55. The van der Waals surface area contributed by atoms with Gasteiger partial charge in [-0.05, 0) is 42.5 Å². The van der Waals surface area contributed by atoms with E-state index < -0.39 is 0 Å². The molecular formula is C21H15Cl2N3O2. The van der Waals surface area contributed by atoms with Crippen LogP contribution in [0.3, 0.4) is 0 Å². The first-order valence-electron chi connectivity index (χ1n) is 8.28. The van der Waals surface area contributed by atoms with Crippen LogP contribution < -0.4 is 10.7 Å². The Morgan fingerprint density at radius 1 is 0.786 bits per heavy atom. The Morgan fingerprint density at radius 3 is 2.11 bits per heavy atom. The highest BCUT2D eigenvalue weighted by Crippen LogP contribution is 2.17. The van der Waals surface area contributed by atoms with Crippen molar-refractivity contribution in [1.29, 1.82) is 0 Å². The van der Waals surface area contributed by atoms with Crippen LogP contribution in [0.4, 0.5) is 5.69 Å². The number of hydrazone groups is 1. The van der Waals surface area contributed by atoms with Gasteiger partial charge >= 0.3 is 0 Å². The number of nitrogens with zero attached hydrogens (tertiary/aromatic N) is 1. The predicted octanol–water partition coefficient (Wildman–Crippen LogP) is 5.01. The van der Waals surface area contributed by atoms with E-state index in [9.17, 15) is 9.59 Å². The fraction of sp³-hybridized carbons (Fsp3) is 0. The molecule has 0 aliphatic heterocycles. The fourth-order valence-electron chi connectivity index (χ4n) is 2.35. The second-order valence-electron chi connectivity index (χ2n) is 5.73. The molecule has 0 radical (unpaired) electrons. The molecule has 5 nitrogen and oxygen atoms in total. The molecule has 28 heavy (non-hydrogen) atoms. The lowest BCUT2D eigenvalue weighted by atomic mass is 10.1. The minimum Gasteiger partial charge on any atom is -0.322 e. The van der Waals surface area contributed by atoms with E-state index in [0.29, 0.717) is 32.4 Å². The summed E-state index contributed by atoms with van der Waals surface area (Å²) in [6.45, 7) is 0. The van der Waals surface area contributed by atoms with Crippen molar-refractivity contribution in [2.24, 2.45) is 5.10 Å². The fourth-order valence-corrected chi connectivity index (χ4v) is 2.76. The minimum atomic E-state index is -0.382. The molecule has 3 aromatic carbocycles. The number of nitrogens with one attached hydrogen (secondary N) is 2. The third-order valence-corrected chi connectivity index (χ3v) is 4.47. The largest absolute Gasteiger partial charge is 0.322 e. The molecule has 0 unspecified atom stereocenters. The highest BCUT2D eigenvalue weighted by atomic mass is 35.5. The van der Waals surface area contributed by atoms with E-state index in [1.807, 2.05) is 12.1 Å². The standard InChI is InChI=1S/C21H15Cl2N3O2/c22-18-7-3-1-5-15(18)13-24-26-20(27)14-9-11-16(12-10-14)25-21(28)17-6-2-4-8-19(17)23/h1-13H,(H,25,28)(H,26,27). The Kier molecular flexibility index (Phi) is 6.42. The topological polar surface area (TPSA) is 70.6 Å². The van der Waals surface area contributed by atoms with E-state index in [1.54, 1.807) is 60.7 Å². The Balaban J connectivity index is 1.61. The molecule has 0 aliphatic rings. The van der Waals surface area contributed by atoms with Crippen molar-refractivity contribution >= 4 is 46.9 Å². The molecule has 2 N–H and O–H groups in total. The van der Waals surface area contributed by atoms with Gasteiger partial charge in [0.1, 0.15) is 0 Å². The van der Waals surface area contributed by atoms with E-state index in [-0.39, 0.29) is 11.8 Å². The summed E-state index contributed by atoms with van der Waals surface area (Å²) >= 11 is 12.0. The van der Waals surface area contributed by atoms with Crippen LogP contribution in [0, 0.1) is 0 Å². The molecule has 2 amide bonds. The average molecular weight is 412 g/mol. The lowest BCUT2D eigenvalue weighted by Gasteiger charge is -2.07. The number of halogens is 2. The molecule has 0 saturated carbocycles. The third-order valence-electron chi connectivity index (χ3n) is 3.80. The Morgan fingerprint density at radius 2 is 1.43 bits per heavy atom. The number of benzene rings is 3. The van der Waals surface area contributed by atoms with Gasteiger partial charge in [-0.2, -0.15) is 5.10 Å². The molecule has 0 saturated heterocycles. The molecular weight excluding hydrogens is 397 g/mol. The average Bonchev–Trinajstić information content (AvgIpc) is 2.70. The summed E-state index contributed by atoms with van der Waals surface area (Å²) in [6, 6.07) is 20.3. The Hall–Kier alpha value is -3.15. The van der Waals surface area contributed by atoms with Gasteiger partial charge in [-0.15, -0.1) is 0 Å². The van der Waals surface area contributed by atoms with E-state index in [0.717, 1.165) is 0 Å². The van der Waals surface area contributed by atoms with Crippen molar-refractivity contribution in [3.63, 3.8) is 0 Å². The molecule has 0 fully saturated rings. The Labute approximate surface area is 172 Å². The van der Waals surface area contributed by atoms with Crippen molar-refractivity contribution in [3.8, 4) is 0 Å². The second kappa shape index (κ2) is 9.17. The molecule has 0 atom stereocenters. The number of anilines is 1. The van der Waals surface area contributed by atoms with Gasteiger partial charge in [0.2, 0.25) is 0 Å². The van der Waals surface area contributed by atoms with Gasteiger partial charge in [-0.3, -0.25) is 9.59 Å². The van der Waals surface area contributed by atoms with Crippen LogP contribution in [0.25, 0.3) is 0 Å². The SMILES string of the molecule is O=C(NN=Cc1ccccc1Cl)c1ccc(NC(=O)c2ccccc2Cl)cc1. The monoisotopic (exact) mass is 411 g/mol. The first kappa shape index (κ1) is 19.6. The van der Waals surface area contributed by atoms with E-state index in [2.05, 4.69) is 15.8 Å². The van der Waals surface area contributed by atoms with Gasteiger partial charge in [-0.1, -0.05) is 53.5 Å². The Bertz CT molecular complexity index is 1030. The maximum atomic E-state index is 12.3. The lowest BCUT2D eigenvalue weighted by Crippen LogP contribution is -2.18. The summed E-state index contributed by atoms with van der Waals surface area (Å²) < 4.78 is 0. The van der Waals surface area contributed by atoms with Crippen LogP contribution in [-0.4, -0.2) is 18.0 Å². The van der Waals surface area contributed by atoms with Crippen molar-refractivity contribution in [2.75, 3.05) is 5.32 Å². The first-order valence-corrected chi connectivity index (χ1v) is 9.04. The summed E-state index contributed by atoms with van der Waals surface area (Å²) in [5.41, 5.74) is 4.44. The maximum Gasteiger partial charge on any atom is 0.271 e. The van der Waals surface area contributed by atoms with Gasteiger partial charge in [0.15, 0.2) is 0 Å². The van der Waals surface area contributed by atoms with Crippen LogP contribution in [0.1, 0.15) is 26.3 Å². The van der Waals surface area contributed by atoms with Gasteiger partial charge in [-0.25, -0.2) is 5.43 Å². The number of carbonyl (C=O) groups excluding carboxylic acids is 2. The zero-order valence-corrected chi connectivity index (χ0v) is 16.0. The van der Waals surface area contributed by atoms with Crippen LogP contribution in [0.2, 0.25) is 10.0 Å². The van der Waals surface area contributed by atoms with Crippen LogP contribution in [-0.2, 0) is 0 Å². The first-order chi connectivity index (χ1) is 13.5.